The van der Waals surface area contributed by atoms with Crippen molar-refractivity contribution < 1.29 is 27.2 Å². The van der Waals surface area contributed by atoms with Gasteiger partial charge in [-0.15, -0.1) is 0 Å². The van der Waals surface area contributed by atoms with E-state index in [1.165, 1.54) is 13.8 Å². The van der Waals surface area contributed by atoms with Crippen molar-refractivity contribution in [1.29, 1.82) is 0 Å². The summed E-state index contributed by atoms with van der Waals surface area (Å²) in [6, 6.07) is 1.59. The molecule has 25 heavy (non-hydrogen) atoms. The number of sulfone groups is 1. The van der Waals surface area contributed by atoms with Crippen LogP contribution in [0.25, 0.3) is 0 Å². The molecule has 140 valence electrons. The average Bonchev–Trinajstić information content (AvgIpc) is 3.26. The first kappa shape index (κ1) is 18.3. The van der Waals surface area contributed by atoms with Crippen LogP contribution in [0.5, 0.6) is 0 Å². The molecule has 0 radical (unpaired) electrons. The van der Waals surface area contributed by atoms with Gasteiger partial charge in [-0.3, -0.25) is 10.1 Å². The number of nitrogens with one attached hydrogen (secondary N) is 1. The molecule has 1 aromatic rings. The van der Waals surface area contributed by atoms with Crippen molar-refractivity contribution in [3.63, 3.8) is 0 Å². The highest BCUT2D eigenvalue weighted by Crippen LogP contribution is 2.31. The van der Waals surface area contributed by atoms with Gasteiger partial charge in [0.05, 0.1) is 5.25 Å². The van der Waals surface area contributed by atoms with Crippen molar-refractivity contribution in [3.8, 4) is 0 Å². The molecule has 2 saturated heterocycles. The molecular weight excluding hydrogens is 348 g/mol. The zero-order valence-corrected chi connectivity index (χ0v) is 15.3. The third kappa shape index (κ3) is 3.58. The van der Waals surface area contributed by atoms with E-state index < -0.39 is 25.7 Å². The molecule has 8 nitrogen and oxygen atoms in total. The van der Waals surface area contributed by atoms with Gasteiger partial charge >= 0.3 is 0 Å². The number of hydrogen-bond donors (Lipinski definition) is 1. The van der Waals surface area contributed by atoms with E-state index in [0.717, 1.165) is 12.8 Å². The van der Waals surface area contributed by atoms with Gasteiger partial charge in [-0.05, 0) is 39.5 Å². The number of anilines is 1. The summed E-state index contributed by atoms with van der Waals surface area (Å²) in [7, 11) is -3.67. The van der Waals surface area contributed by atoms with E-state index in [1.807, 2.05) is 0 Å². The maximum Gasteiger partial charge on any atom is 0.247 e. The quantitative estimate of drug-likeness (QED) is 0.840. The third-order valence-electron chi connectivity index (χ3n) is 4.89. The Hall–Kier alpha value is -1.45. The lowest BCUT2D eigenvalue weighted by atomic mass is 10.2. The van der Waals surface area contributed by atoms with Gasteiger partial charge in [-0.25, -0.2) is 8.42 Å². The van der Waals surface area contributed by atoms with Gasteiger partial charge in [0.2, 0.25) is 11.8 Å². The Morgan fingerprint density at radius 3 is 2.60 bits per heavy atom. The lowest BCUT2D eigenvalue weighted by Gasteiger charge is -2.30. The predicted molar refractivity (Wildman–Crippen MR) is 89.9 cm³/mol. The van der Waals surface area contributed by atoms with Crippen LogP contribution in [-0.4, -0.2) is 49.3 Å². The summed E-state index contributed by atoms with van der Waals surface area (Å²) in [5.41, 5.74) is 0.609. The number of aromatic nitrogens is 1. The van der Waals surface area contributed by atoms with Crippen molar-refractivity contribution in [1.82, 2.24) is 5.16 Å². The highest BCUT2D eigenvalue weighted by Gasteiger charge is 2.46. The first-order valence-corrected chi connectivity index (χ1v) is 10.1. The van der Waals surface area contributed by atoms with Gasteiger partial charge in [-0.2, -0.15) is 0 Å². The number of carbonyl (C=O) groups is 1. The Labute approximate surface area is 147 Å². The van der Waals surface area contributed by atoms with Crippen molar-refractivity contribution in [2.75, 3.05) is 25.1 Å². The van der Waals surface area contributed by atoms with Crippen LogP contribution in [0.2, 0.25) is 0 Å². The van der Waals surface area contributed by atoms with Crippen molar-refractivity contribution >= 4 is 21.6 Å². The molecule has 1 amide bonds. The topological polar surface area (TPSA) is 108 Å². The lowest BCUT2D eigenvalue weighted by Crippen LogP contribution is -2.50. The van der Waals surface area contributed by atoms with E-state index in [4.69, 9.17) is 14.0 Å². The molecule has 0 aromatic carbocycles. The summed E-state index contributed by atoms with van der Waals surface area (Å²) >= 11 is 0. The van der Waals surface area contributed by atoms with E-state index in [-0.39, 0.29) is 12.0 Å². The molecule has 1 atom stereocenters. The molecule has 0 spiro atoms. The van der Waals surface area contributed by atoms with E-state index in [0.29, 0.717) is 38.4 Å². The number of amides is 1. The van der Waals surface area contributed by atoms with Crippen LogP contribution in [0.4, 0.5) is 5.88 Å². The smallest absolute Gasteiger partial charge is 0.247 e. The SMILES string of the molecule is CC(C)(C(=O)Nc1cc([C@H]2CCCO2)no1)S(=O)(=O)C1CCOCC1. The molecular formula is C16H24N2O6S. The minimum absolute atomic E-state index is 0.130. The molecule has 2 fully saturated rings. The first-order valence-electron chi connectivity index (χ1n) is 8.53. The van der Waals surface area contributed by atoms with Crippen LogP contribution in [0.15, 0.2) is 10.6 Å². The summed E-state index contributed by atoms with van der Waals surface area (Å²) in [5.74, 6) is -0.500. The van der Waals surface area contributed by atoms with Gasteiger partial charge in [0, 0.05) is 25.9 Å². The van der Waals surface area contributed by atoms with Crippen molar-refractivity contribution in [2.24, 2.45) is 0 Å². The van der Waals surface area contributed by atoms with Crippen molar-refractivity contribution in [3.05, 3.63) is 11.8 Å². The fourth-order valence-electron chi connectivity index (χ4n) is 3.10. The molecule has 1 N–H and O–H groups in total. The Balaban J connectivity index is 1.70. The van der Waals surface area contributed by atoms with Gasteiger partial charge in [0.25, 0.3) is 0 Å². The summed E-state index contributed by atoms with van der Waals surface area (Å²) in [6.07, 6.45) is 2.49. The monoisotopic (exact) mass is 372 g/mol. The van der Waals surface area contributed by atoms with Crippen molar-refractivity contribution in [2.45, 2.75) is 55.6 Å². The van der Waals surface area contributed by atoms with Crippen LogP contribution < -0.4 is 5.32 Å². The molecule has 0 unspecified atom stereocenters. The van der Waals surface area contributed by atoms with Crippen LogP contribution in [0.1, 0.15) is 51.3 Å². The minimum Gasteiger partial charge on any atom is -0.381 e. The van der Waals surface area contributed by atoms with E-state index >= 15 is 0 Å². The average molecular weight is 372 g/mol. The predicted octanol–water partition coefficient (Wildman–Crippen LogP) is 1.84. The first-order chi connectivity index (χ1) is 11.8. The standard InChI is InChI=1S/C16H24N2O6S/c1-16(2,25(20,21)11-5-8-22-9-6-11)15(19)17-14-10-12(18-24-14)13-4-3-7-23-13/h10-11,13H,3-9H2,1-2H3,(H,17,19)/t13-/m1/s1. The highest BCUT2D eigenvalue weighted by molar-refractivity contribution is 7.94. The second-order valence-electron chi connectivity index (χ2n) is 6.94. The number of ether oxygens (including phenoxy) is 2. The Morgan fingerprint density at radius 2 is 1.96 bits per heavy atom. The molecule has 0 saturated carbocycles. The lowest BCUT2D eigenvalue weighted by molar-refractivity contribution is -0.118. The summed E-state index contributed by atoms with van der Waals surface area (Å²) in [4.78, 5) is 12.6. The fraction of sp³-hybridized carbons (Fsp3) is 0.750. The van der Waals surface area contributed by atoms with Crippen LogP contribution in [-0.2, 0) is 24.1 Å². The second-order valence-corrected chi connectivity index (χ2v) is 9.72. The molecule has 3 rings (SSSR count). The van der Waals surface area contributed by atoms with Gasteiger partial charge in [0.1, 0.15) is 16.5 Å². The Bertz CT molecular complexity index is 715. The number of nitrogens with zero attached hydrogens (tertiary/aromatic N) is 1. The minimum atomic E-state index is -3.67. The third-order valence-corrected chi connectivity index (χ3v) is 7.85. The summed E-state index contributed by atoms with van der Waals surface area (Å²) in [6.45, 7) is 4.31. The number of hydrogen-bond acceptors (Lipinski definition) is 7. The van der Waals surface area contributed by atoms with E-state index in [2.05, 4.69) is 10.5 Å². The zero-order valence-electron chi connectivity index (χ0n) is 14.5. The van der Waals surface area contributed by atoms with Crippen LogP contribution in [0.3, 0.4) is 0 Å². The largest absolute Gasteiger partial charge is 0.381 e. The number of carbonyl (C=O) groups excluding carboxylic acids is 1. The normalized spacial score (nSPS) is 22.9. The maximum atomic E-state index is 12.9. The summed E-state index contributed by atoms with van der Waals surface area (Å²) in [5, 5.41) is 5.87. The second kappa shape index (κ2) is 7.05. The van der Waals surface area contributed by atoms with Gasteiger partial charge in [0.15, 0.2) is 9.84 Å². The van der Waals surface area contributed by atoms with Gasteiger partial charge < -0.3 is 14.0 Å². The maximum absolute atomic E-state index is 12.9. The van der Waals surface area contributed by atoms with E-state index in [9.17, 15) is 13.2 Å². The molecule has 3 heterocycles. The van der Waals surface area contributed by atoms with Gasteiger partial charge in [-0.1, -0.05) is 5.16 Å². The van der Waals surface area contributed by atoms with E-state index in [1.54, 1.807) is 6.07 Å². The molecule has 1 aromatic heterocycles. The molecule has 0 bridgehead atoms. The molecule has 2 aliphatic rings. The van der Waals surface area contributed by atoms with Crippen LogP contribution >= 0.6 is 0 Å². The Morgan fingerprint density at radius 1 is 1.24 bits per heavy atom. The molecule has 0 aliphatic carbocycles. The molecule has 2 aliphatic heterocycles. The summed E-state index contributed by atoms with van der Waals surface area (Å²) < 4.78 is 40.0. The Kier molecular flexibility index (Phi) is 5.17. The highest BCUT2D eigenvalue weighted by atomic mass is 32.2. The van der Waals surface area contributed by atoms with Crippen LogP contribution in [0, 0.1) is 0 Å². The zero-order chi connectivity index (χ0) is 18.1. The number of rotatable bonds is 5. The molecule has 9 heteroatoms. The fourth-order valence-corrected chi connectivity index (χ4v) is 5.06.